The van der Waals surface area contributed by atoms with E-state index < -0.39 is 0 Å². The maximum absolute atomic E-state index is 6.57. The summed E-state index contributed by atoms with van der Waals surface area (Å²) in [5, 5.41) is 0. The molecule has 0 N–H and O–H groups in total. The molecule has 6 aromatic rings. The van der Waals surface area contributed by atoms with E-state index in [9.17, 15) is 0 Å². The predicted octanol–water partition coefficient (Wildman–Crippen LogP) is 13.8. The van der Waals surface area contributed by atoms with E-state index in [-0.39, 0.29) is 0 Å². The SMILES string of the molecule is CCCCC(CC)COc1cc(C)c(OC)cc1-c1ccc(/C(=C/c2ccc(/C=C(\c3ccccc3)c3ccc(C)cc3)cc2)c2ccccc2)cc1. The van der Waals surface area contributed by atoms with Crippen molar-refractivity contribution in [3.8, 4) is 22.6 Å². The Bertz CT molecular complexity index is 2110. The quantitative estimate of drug-likeness (QED) is 0.0995. The highest BCUT2D eigenvalue weighted by atomic mass is 16.5. The molecule has 0 fully saturated rings. The molecule has 6 rings (SSSR count). The van der Waals surface area contributed by atoms with Crippen LogP contribution in [0.4, 0.5) is 0 Å². The Morgan fingerprint density at radius 2 is 1.09 bits per heavy atom. The minimum Gasteiger partial charge on any atom is -0.496 e. The van der Waals surface area contributed by atoms with Crippen LogP contribution in [0.2, 0.25) is 0 Å². The van der Waals surface area contributed by atoms with Gasteiger partial charge in [0.25, 0.3) is 0 Å². The van der Waals surface area contributed by atoms with Gasteiger partial charge < -0.3 is 9.47 Å². The van der Waals surface area contributed by atoms with E-state index in [0.29, 0.717) is 5.92 Å². The van der Waals surface area contributed by atoms with Crippen LogP contribution in [-0.4, -0.2) is 13.7 Å². The molecule has 53 heavy (non-hydrogen) atoms. The lowest BCUT2D eigenvalue weighted by Gasteiger charge is -2.19. The Labute approximate surface area is 317 Å². The molecule has 2 nitrogen and oxygen atoms in total. The van der Waals surface area contributed by atoms with Crippen LogP contribution in [0.5, 0.6) is 11.5 Å². The van der Waals surface area contributed by atoms with Crippen LogP contribution < -0.4 is 9.47 Å². The van der Waals surface area contributed by atoms with E-state index in [0.717, 1.165) is 57.9 Å². The second-order valence-electron chi connectivity index (χ2n) is 14.0. The molecule has 0 aliphatic carbocycles. The third kappa shape index (κ3) is 9.64. The van der Waals surface area contributed by atoms with Crippen LogP contribution in [0, 0.1) is 19.8 Å². The number of hydrogen-bond acceptors (Lipinski definition) is 2. The summed E-state index contributed by atoms with van der Waals surface area (Å²) in [5.41, 5.74) is 13.9. The summed E-state index contributed by atoms with van der Waals surface area (Å²) in [6.45, 7) is 9.45. The number of benzene rings is 6. The van der Waals surface area contributed by atoms with Crippen molar-refractivity contribution < 1.29 is 9.47 Å². The van der Waals surface area contributed by atoms with Gasteiger partial charge in [-0.05, 0) is 106 Å². The van der Waals surface area contributed by atoms with Gasteiger partial charge >= 0.3 is 0 Å². The minimum atomic E-state index is 0.551. The van der Waals surface area contributed by atoms with Crippen molar-refractivity contribution in [2.45, 2.75) is 53.4 Å². The number of aryl methyl sites for hydroxylation is 2. The highest BCUT2D eigenvalue weighted by Gasteiger charge is 2.15. The summed E-state index contributed by atoms with van der Waals surface area (Å²) < 4.78 is 12.3. The lowest BCUT2D eigenvalue weighted by atomic mass is 9.93. The van der Waals surface area contributed by atoms with Crippen molar-refractivity contribution in [3.05, 3.63) is 190 Å². The van der Waals surface area contributed by atoms with Crippen molar-refractivity contribution in [1.82, 2.24) is 0 Å². The molecule has 0 saturated heterocycles. The standard InChI is InChI=1S/C51H52O2/c1-6-8-15-39(7-2)36-53-51-32-38(4)50(52-5)35-49(51)46-30-28-45(29-31-46)48(43-18-13-10-14-19-43)34-41-24-22-40(23-25-41)33-47(42-16-11-9-12-17-42)44-26-20-37(3)21-27-44/h9-14,16-35,39H,6-8,15,36H2,1-5H3/b47-33+,48-34+. The molecule has 0 aliphatic heterocycles. The monoisotopic (exact) mass is 696 g/mol. The van der Waals surface area contributed by atoms with Crippen LogP contribution in [0.25, 0.3) is 34.4 Å². The molecule has 268 valence electrons. The number of unbranched alkanes of at least 4 members (excludes halogenated alkanes) is 1. The van der Waals surface area contributed by atoms with E-state index in [1.807, 2.05) is 0 Å². The molecule has 0 saturated carbocycles. The van der Waals surface area contributed by atoms with Gasteiger partial charge in [0.2, 0.25) is 0 Å². The van der Waals surface area contributed by atoms with E-state index in [1.165, 1.54) is 52.7 Å². The third-order valence-corrected chi connectivity index (χ3v) is 10.1. The normalized spacial score (nSPS) is 12.4. The van der Waals surface area contributed by atoms with Crippen molar-refractivity contribution in [1.29, 1.82) is 0 Å². The third-order valence-electron chi connectivity index (χ3n) is 10.1. The van der Waals surface area contributed by atoms with Gasteiger partial charge in [0.15, 0.2) is 0 Å². The predicted molar refractivity (Wildman–Crippen MR) is 226 cm³/mol. The second-order valence-corrected chi connectivity index (χ2v) is 14.0. The van der Waals surface area contributed by atoms with E-state index >= 15 is 0 Å². The Morgan fingerprint density at radius 1 is 0.585 bits per heavy atom. The average Bonchev–Trinajstić information content (AvgIpc) is 3.21. The van der Waals surface area contributed by atoms with Gasteiger partial charge in [-0.15, -0.1) is 0 Å². The summed E-state index contributed by atoms with van der Waals surface area (Å²) >= 11 is 0. The fraction of sp³-hybridized carbons (Fsp3) is 0.216. The van der Waals surface area contributed by atoms with Gasteiger partial charge in [0.05, 0.1) is 13.7 Å². The lowest BCUT2D eigenvalue weighted by Crippen LogP contribution is -2.12. The second kappa shape index (κ2) is 18.2. The molecule has 0 radical (unpaired) electrons. The van der Waals surface area contributed by atoms with Crippen LogP contribution in [0.3, 0.4) is 0 Å². The molecule has 0 aromatic heterocycles. The largest absolute Gasteiger partial charge is 0.496 e. The minimum absolute atomic E-state index is 0.551. The zero-order chi connectivity index (χ0) is 37.0. The first-order valence-electron chi connectivity index (χ1n) is 19.1. The zero-order valence-corrected chi connectivity index (χ0v) is 31.9. The molecule has 1 atom stereocenters. The van der Waals surface area contributed by atoms with Gasteiger partial charge in [-0.2, -0.15) is 0 Å². The first kappa shape index (κ1) is 37.2. The van der Waals surface area contributed by atoms with Gasteiger partial charge in [-0.1, -0.05) is 172 Å². The summed E-state index contributed by atoms with van der Waals surface area (Å²) in [6, 6.07) is 52.1. The summed E-state index contributed by atoms with van der Waals surface area (Å²) in [6.07, 6.45) is 9.34. The first-order chi connectivity index (χ1) is 25.9. The highest BCUT2D eigenvalue weighted by Crippen LogP contribution is 2.38. The molecule has 0 spiro atoms. The zero-order valence-electron chi connectivity index (χ0n) is 31.9. The Kier molecular flexibility index (Phi) is 12.8. The smallest absolute Gasteiger partial charge is 0.127 e. The Morgan fingerprint density at radius 3 is 1.58 bits per heavy atom. The summed E-state index contributed by atoms with van der Waals surface area (Å²) in [5.74, 6) is 2.33. The highest BCUT2D eigenvalue weighted by molar-refractivity contribution is 5.93. The first-order valence-corrected chi connectivity index (χ1v) is 19.1. The van der Waals surface area contributed by atoms with Crippen molar-refractivity contribution in [3.63, 3.8) is 0 Å². The van der Waals surface area contributed by atoms with Crippen LogP contribution in [0.1, 0.15) is 84.0 Å². The Hall–Kier alpha value is -5.60. The molecule has 0 aliphatic rings. The van der Waals surface area contributed by atoms with Gasteiger partial charge in [-0.25, -0.2) is 0 Å². The van der Waals surface area contributed by atoms with E-state index in [4.69, 9.17) is 9.47 Å². The van der Waals surface area contributed by atoms with Crippen molar-refractivity contribution >= 4 is 23.3 Å². The number of ether oxygens (including phenoxy) is 2. The number of methoxy groups -OCH3 is 1. The van der Waals surface area contributed by atoms with E-state index in [2.05, 4.69) is 185 Å². The van der Waals surface area contributed by atoms with Crippen molar-refractivity contribution in [2.75, 3.05) is 13.7 Å². The number of rotatable bonds is 15. The molecular weight excluding hydrogens is 645 g/mol. The van der Waals surface area contributed by atoms with E-state index in [1.54, 1.807) is 7.11 Å². The fourth-order valence-corrected chi connectivity index (χ4v) is 6.82. The molecule has 0 bridgehead atoms. The topological polar surface area (TPSA) is 18.5 Å². The van der Waals surface area contributed by atoms with Crippen LogP contribution in [-0.2, 0) is 0 Å². The molecule has 0 amide bonds. The van der Waals surface area contributed by atoms with Crippen molar-refractivity contribution in [2.24, 2.45) is 5.92 Å². The van der Waals surface area contributed by atoms with Crippen LogP contribution in [0.15, 0.2) is 146 Å². The molecule has 1 unspecified atom stereocenters. The molecule has 2 heteroatoms. The molecular formula is C51H52O2. The fourth-order valence-electron chi connectivity index (χ4n) is 6.82. The summed E-state index contributed by atoms with van der Waals surface area (Å²) in [7, 11) is 1.74. The van der Waals surface area contributed by atoms with Gasteiger partial charge in [0.1, 0.15) is 11.5 Å². The lowest BCUT2D eigenvalue weighted by molar-refractivity contribution is 0.234. The van der Waals surface area contributed by atoms with Gasteiger partial charge in [-0.3, -0.25) is 0 Å². The molecule has 6 aromatic carbocycles. The maximum Gasteiger partial charge on any atom is 0.127 e. The maximum atomic E-state index is 6.57. The van der Waals surface area contributed by atoms with Gasteiger partial charge in [0, 0.05) is 5.56 Å². The number of hydrogen-bond donors (Lipinski definition) is 0. The Balaban J connectivity index is 1.32. The van der Waals surface area contributed by atoms with Crippen LogP contribution >= 0.6 is 0 Å². The summed E-state index contributed by atoms with van der Waals surface area (Å²) in [4.78, 5) is 0. The average molecular weight is 697 g/mol. The molecule has 0 heterocycles.